The molecule has 1 unspecified atom stereocenters. The molecule has 20 heavy (non-hydrogen) atoms. The van der Waals surface area contributed by atoms with Gasteiger partial charge in [0.05, 0.1) is 0 Å². The van der Waals surface area contributed by atoms with E-state index >= 15 is 0 Å². The van der Waals surface area contributed by atoms with Crippen LogP contribution in [0.3, 0.4) is 0 Å². The van der Waals surface area contributed by atoms with Gasteiger partial charge in [-0.15, -0.1) is 0 Å². The van der Waals surface area contributed by atoms with Crippen LogP contribution in [0.25, 0.3) is 0 Å². The van der Waals surface area contributed by atoms with E-state index in [0.29, 0.717) is 6.04 Å². The molecule has 1 aromatic carbocycles. The predicted octanol–water partition coefficient (Wildman–Crippen LogP) is 3.47. The molecule has 1 aliphatic rings. The summed E-state index contributed by atoms with van der Waals surface area (Å²) in [5.74, 6) is 0.755. The van der Waals surface area contributed by atoms with E-state index in [1.165, 1.54) is 24.8 Å². The normalized spacial score (nSPS) is 17.5. The summed E-state index contributed by atoms with van der Waals surface area (Å²) in [4.78, 5) is 12.1. The van der Waals surface area contributed by atoms with Crippen molar-refractivity contribution in [3.8, 4) is 5.75 Å². The van der Waals surface area contributed by atoms with E-state index in [1.807, 2.05) is 31.2 Å². The van der Waals surface area contributed by atoms with Gasteiger partial charge in [0.25, 0.3) is 5.91 Å². The smallest absolute Gasteiger partial charge is 0.260 e. The van der Waals surface area contributed by atoms with E-state index < -0.39 is 6.10 Å². The summed E-state index contributed by atoms with van der Waals surface area (Å²) in [5, 5.41) is 3.10. The summed E-state index contributed by atoms with van der Waals surface area (Å²) in [6.07, 6.45) is 6.51. The van der Waals surface area contributed by atoms with Crippen molar-refractivity contribution in [2.45, 2.75) is 64.5 Å². The molecular weight excluding hydrogens is 250 g/mol. The second kappa shape index (κ2) is 7.32. The van der Waals surface area contributed by atoms with Gasteiger partial charge in [0.1, 0.15) is 5.75 Å². The summed E-state index contributed by atoms with van der Waals surface area (Å²) in [7, 11) is 0. The molecule has 0 aliphatic heterocycles. The number of carbonyl (C=O) groups is 1. The molecule has 1 aromatic rings. The van der Waals surface area contributed by atoms with Crippen LogP contribution in [-0.4, -0.2) is 18.1 Å². The number of hydrogen-bond acceptors (Lipinski definition) is 2. The standard InChI is InChI=1S/C17H25NO2/c1-3-14-9-11-16(12-10-14)20-13(2)17(19)18-15-7-5-4-6-8-15/h9-13,15H,3-8H2,1-2H3,(H,18,19). The minimum Gasteiger partial charge on any atom is -0.481 e. The first-order valence-corrected chi connectivity index (χ1v) is 7.75. The first kappa shape index (κ1) is 14.9. The van der Waals surface area contributed by atoms with Gasteiger partial charge in [-0.3, -0.25) is 4.79 Å². The van der Waals surface area contributed by atoms with Crippen LogP contribution in [0, 0.1) is 0 Å². The first-order chi connectivity index (χ1) is 9.69. The molecule has 1 N–H and O–H groups in total. The Hall–Kier alpha value is -1.51. The van der Waals surface area contributed by atoms with E-state index in [-0.39, 0.29) is 5.91 Å². The fraction of sp³-hybridized carbons (Fsp3) is 0.588. The molecule has 0 bridgehead atoms. The van der Waals surface area contributed by atoms with Crippen molar-refractivity contribution >= 4 is 5.91 Å². The van der Waals surface area contributed by atoms with Gasteiger partial charge in [0.15, 0.2) is 6.10 Å². The van der Waals surface area contributed by atoms with Crippen LogP contribution in [0.4, 0.5) is 0 Å². The zero-order chi connectivity index (χ0) is 14.4. The van der Waals surface area contributed by atoms with E-state index in [4.69, 9.17) is 4.74 Å². The molecule has 1 saturated carbocycles. The highest BCUT2D eigenvalue weighted by Gasteiger charge is 2.20. The van der Waals surface area contributed by atoms with Crippen molar-refractivity contribution in [3.05, 3.63) is 29.8 Å². The molecule has 110 valence electrons. The maximum atomic E-state index is 12.1. The zero-order valence-corrected chi connectivity index (χ0v) is 12.5. The maximum Gasteiger partial charge on any atom is 0.260 e. The third-order valence-electron chi connectivity index (χ3n) is 3.97. The minimum atomic E-state index is -0.440. The molecule has 0 spiro atoms. The Labute approximate surface area is 121 Å². The van der Waals surface area contributed by atoms with Crippen LogP contribution < -0.4 is 10.1 Å². The SMILES string of the molecule is CCc1ccc(OC(C)C(=O)NC2CCCCC2)cc1. The fourth-order valence-corrected chi connectivity index (χ4v) is 2.63. The van der Waals surface area contributed by atoms with E-state index in [2.05, 4.69) is 12.2 Å². The monoisotopic (exact) mass is 275 g/mol. The number of rotatable bonds is 5. The molecule has 0 saturated heterocycles. The second-order valence-corrected chi connectivity index (χ2v) is 5.60. The van der Waals surface area contributed by atoms with Crippen LogP contribution in [0.15, 0.2) is 24.3 Å². The molecule has 0 aromatic heterocycles. The number of nitrogens with one attached hydrogen (secondary N) is 1. The molecule has 1 fully saturated rings. The van der Waals surface area contributed by atoms with Crippen LogP contribution >= 0.6 is 0 Å². The average molecular weight is 275 g/mol. The summed E-state index contributed by atoms with van der Waals surface area (Å²) in [6, 6.07) is 8.29. The van der Waals surface area contributed by atoms with Gasteiger partial charge in [0, 0.05) is 6.04 Å². The lowest BCUT2D eigenvalue weighted by Crippen LogP contribution is -2.43. The van der Waals surface area contributed by atoms with Gasteiger partial charge in [-0.05, 0) is 43.9 Å². The Bertz CT molecular complexity index is 421. The van der Waals surface area contributed by atoms with Crippen LogP contribution in [0.5, 0.6) is 5.75 Å². The quantitative estimate of drug-likeness (QED) is 0.893. The fourth-order valence-electron chi connectivity index (χ4n) is 2.63. The molecular formula is C17H25NO2. The molecule has 3 heteroatoms. The topological polar surface area (TPSA) is 38.3 Å². The lowest BCUT2D eigenvalue weighted by molar-refractivity contribution is -0.128. The Kier molecular flexibility index (Phi) is 5.45. The van der Waals surface area contributed by atoms with Crippen LogP contribution in [0.1, 0.15) is 51.5 Å². The Morgan fingerprint density at radius 3 is 2.50 bits per heavy atom. The van der Waals surface area contributed by atoms with E-state index in [0.717, 1.165) is 25.0 Å². The predicted molar refractivity (Wildman–Crippen MR) is 80.9 cm³/mol. The first-order valence-electron chi connectivity index (χ1n) is 7.75. The van der Waals surface area contributed by atoms with Crippen molar-refractivity contribution in [2.75, 3.05) is 0 Å². The number of carbonyl (C=O) groups excluding carboxylic acids is 1. The van der Waals surface area contributed by atoms with Gasteiger partial charge in [-0.25, -0.2) is 0 Å². The molecule has 1 aliphatic carbocycles. The van der Waals surface area contributed by atoms with Gasteiger partial charge in [-0.2, -0.15) is 0 Å². The Morgan fingerprint density at radius 1 is 1.25 bits per heavy atom. The van der Waals surface area contributed by atoms with Gasteiger partial charge >= 0.3 is 0 Å². The van der Waals surface area contributed by atoms with Crippen molar-refractivity contribution in [2.24, 2.45) is 0 Å². The highest BCUT2D eigenvalue weighted by atomic mass is 16.5. The lowest BCUT2D eigenvalue weighted by atomic mass is 9.95. The summed E-state index contributed by atoms with van der Waals surface area (Å²) < 4.78 is 5.71. The molecule has 2 rings (SSSR count). The molecule has 0 heterocycles. The highest BCUT2D eigenvalue weighted by molar-refractivity contribution is 5.81. The van der Waals surface area contributed by atoms with E-state index in [1.54, 1.807) is 0 Å². The third-order valence-corrected chi connectivity index (χ3v) is 3.97. The van der Waals surface area contributed by atoms with Crippen molar-refractivity contribution in [1.82, 2.24) is 5.32 Å². The molecule has 3 nitrogen and oxygen atoms in total. The van der Waals surface area contributed by atoms with Crippen molar-refractivity contribution < 1.29 is 9.53 Å². The number of benzene rings is 1. The number of aryl methyl sites for hydroxylation is 1. The Balaban J connectivity index is 1.83. The third kappa shape index (κ3) is 4.26. The van der Waals surface area contributed by atoms with Crippen LogP contribution in [0.2, 0.25) is 0 Å². The zero-order valence-electron chi connectivity index (χ0n) is 12.5. The maximum absolute atomic E-state index is 12.1. The molecule has 0 radical (unpaired) electrons. The lowest BCUT2D eigenvalue weighted by Gasteiger charge is -2.24. The summed E-state index contributed by atoms with van der Waals surface area (Å²) in [5.41, 5.74) is 1.27. The molecule has 1 amide bonds. The second-order valence-electron chi connectivity index (χ2n) is 5.60. The van der Waals surface area contributed by atoms with Gasteiger partial charge in [-0.1, -0.05) is 38.3 Å². The average Bonchev–Trinajstić information content (AvgIpc) is 2.49. The van der Waals surface area contributed by atoms with Crippen LogP contribution in [-0.2, 0) is 11.2 Å². The number of ether oxygens (including phenoxy) is 1. The Morgan fingerprint density at radius 2 is 1.90 bits per heavy atom. The van der Waals surface area contributed by atoms with Gasteiger partial charge in [0.2, 0.25) is 0 Å². The van der Waals surface area contributed by atoms with Crippen molar-refractivity contribution in [3.63, 3.8) is 0 Å². The van der Waals surface area contributed by atoms with Gasteiger partial charge < -0.3 is 10.1 Å². The minimum absolute atomic E-state index is 0.00327. The summed E-state index contributed by atoms with van der Waals surface area (Å²) >= 11 is 0. The number of hydrogen-bond donors (Lipinski definition) is 1. The van der Waals surface area contributed by atoms with E-state index in [9.17, 15) is 4.79 Å². The largest absolute Gasteiger partial charge is 0.481 e. The highest BCUT2D eigenvalue weighted by Crippen LogP contribution is 2.18. The molecule has 1 atom stereocenters. The summed E-state index contributed by atoms with van der Waals surface area (Å²) in [6.45, 7) is 3.93. The number of amides is 1. The van der Waals surface area contributed by atoms with Crippen molar-refractivity contribution in [1.29, 1.82) is 0 Å².